The van der Waals surface area contributed by atoms with E-state index in [-0.39, 0.29) is 18.4 Å². The van der Waals surface area contributed by atoms with E-state index in [0.29, 0.717) is 18.0 Å². The Morgan fingerprint density at radius 3 is 2.12 bits per heavy atom. The number of ether oxygens (including phenoxy) is 1. The quantitative estimate of drug-likeness (QED) is 0.645. The average Bonchev–Trinajstić information content (AvgIpc) is 2.60. The fourth-order valence-electron chi connectivity index (χ4n) is 2.05. The van der Waals surface area contributed by atoms with E-state index >= 15 is 0 Å². The molecule has 2 aromatic carbocycles. The summed E-state index contributed by atoms with van der Waals surface area (Å²) in [5.74, 6) is 0.432. The summed E-state index contributed by atoms with van der Waals surface area (Å²) in [7, 11) is 0. The third kappa shape index (κ3) is 6.39. The molecule has 0 spiro atoms. The molecule has 0 aliphatic heterocycles. The van der Waals surface area contributed by atoms with Gasteiger partial charge in [0.1, 0.15) is 12.4 Å². The fraction of sp³-hybridized carbons (Fsp3) is 0.158. The molecule has 0 aromatic heterocycles. The van der Waals surface area contributed by atoms with Crippen molar-refractivity contribution >= 4 is 28.9 Å². The number of hydrogen-bond acceptors (Lipinski definition) is 4. The number of amides is 2. The zero-order chi connectivity index (χ0) is 18.1. The number of hydrogen-bond donors (Lipinski definition) is 3. The van der Waals surface area contributed by atoms with E-state index in [1.807, 2.05) is 0 Å². The SMILES string of the molecule is C=CCOc1ccc(NC(=O)CNc2ccc(NC(C)=O)cc2)cc1. The molecule has 0 radical (unpaired) electrons. The minimum Gasteiger partial charge on any atom is -0.490 e. The van der Waals surface area contributed by atoms with E-state index in [1.165, 1.54) is 6.92 Å². The molecule has 0 fully saturated rings. The summed E-state index contributed by atoms with van der Waals surface area (Å²) in [6.07, 6.45) is 1.67. The van der Waals surface area contributed by atoms with E-state index < -0.39 is 0 Å². The maximum atomic E-state index is 12.0. The van der Waals surface area contributed by atoms with Gasteiger partial charge < -0.3 is 20.7 Å². The Balaban J connectivity index is 1.80. The average molecular weight is 339 g/mol. The van der Waals surface area contributed by atoms with E-state index in [9.17, 15) is 9.59 Å². The molecule has 6 heteroatoms. The van der Waals surface area contributed by atoms with Gasteiger partial charge in [0.15, 0.2) is 0 Å². The molecule has 130 valence electrons. The van der Waals surface area contributed by atoms with Crippen molar-refractivity contribution in [3.63, 3.8) is 0 Å². The van der Waals surface area contributed by atoms with Crippen molar-refractivity contribution in [1.82, 2.24) is 0 Å². The second kappa shape index (κ2) is 9.12. The Morgan fingerprint density at radius 2 is 1.52 bits per heavy atom. The molecule has 25 heavy (non-hydrogen) atoms. The van der Waals surface area contributed by atoms with E-state index in [2.05, 4.69) is 22.5 Å². The summed E-state index contributed by atoms with van der Waals surface area (Å²) in [6, 6.07) is 14.2. The highest BCUT2D eigenvalue weighted by Gasteiger charge is 2.03. The zero-order valence-electron chi connectivity index (χ0n) is 14.0. The lowest BCUT2D eigenvalue weighted by atomic mass is 10.2. The van der Waals surface area contributed by atoms with Crippen LogP contribution in [0.3, 0.4) is 0 Å². The molecule has 2 amide bonds. The zero-order valence-corrected chi connectivity index (χ0v) is 14.0. The van der Waals surface area contributed by atoms with Crippen molar-refractivity contribution in [3.05, 3.63) is 61.2 Å². The van der Waals surface area contributed by atoms with Crippen LogP contribution in [0, 0.1) is 0 Å². The van der Waals surface area contributed by atoms with Gasteiger partial charge in [0.25, 0.3) is 0 Å². The lowest BCUT2D eigenvalue weighted by molar-refractivity contribution is -0.115. The molecular formula is C19H21N3O3. The summed E-state index contributed by atoms with van der Waals surface area (Å²) in [5.41, 5.74) is 2.19. The molecule has 0 aliphatic carbocycles. The van der Waals surface area contributed by atoms with Crippen LogP contribution in [0.5, 0.6) is 5.75 Å². The predicted octanol–water partition coefficient (Wildman–Crippen LogP) is 3.26. The lowest BCUT2D eigenvalue weighted by Crippen LogP contribution is -2.21. The smallest absolute Gasteiger partial charge is 0.243 e. The third-order valence-corrected chi connectivity index (χ3v) is 3.16. The molecule has 0 heterocycles. The van der Waals surface area contributed by atoms with Gasteiger partial charge in [0, 0.05) is 24.0 Å². The van der Waals surface area contributed by atoms with Crippen molar-refractivity contribution in [3.8, 4) is 5.75 Å². The van der Waals surface area contributed by atoms with Gasteiger partial charge >= 0.3 is 0 Å². The number of carbonyl (C=O) groups excluding carboxylic acids is 2. The number of benzene rings is 2. The Morgan fingerprint density at radius 1 is 0.960 bits per heavy atom. The molecule has 0 bridgehead atoms. The van der Waals surface area contributed by atoms with Gasteiger partial charge in [-0.15, -0.1) is 0 Å². The normalized spacial score (nSPS) is 9.80. The molecule has 0 unspecified atom stereocenters. The Hall–Kier alpha value is -3.28. The third-order valence-electron chi connectivity index (χ3n) is 3.16. The van der Waals surface area contributed by atoms with Gasteiger partial charge in [-0.2, -0.15) is 0 Å². The Kier molecular flexibility index (Phi) is 6.59. The first-order valence-corrected chi connectivity index (χ1v) is 7.82. The van der Waals surface area contributed by atoms with Crippen LogP contribution in [-0.2, 0) is 9.59 Å². The Bertz CT molecular complexity index is 725. The largest absolute Gasteiger partial charge is 0.490 e. The first-order chi connectivity index (χ1) is 12.1. The number of anilines is 3. The van der Waals surface area contributed by atoms with E-state index in [4.69, 9.17) is 4.74 Å². The maximum absolute atomic E-state index is 12.0. The standard InChI is InChI=1S/C19H21N3O3/c1-3-12-25-18-10-8-17(9-11-18)22-19(24)13-20-15-4-6-16(7-5-15)21-14(2)23/h3-11,20H,1,12-13H2,2H3,(H,21,23)(H,22,24). The van der Waals surface area contributed by atoms with Crippen molar-refractivity contribution in [2.75, 3.05) is 29.1 Å². The minimum absolute atomic E-state index is 0.124. The van der Waals surface area contributed by atoms with E-state index in [1.54, 1.807) is 54.6 Å². The number of carbonyl (C=O) groups is 2. The van der Waals surface area contributed by atoms with Gasteiger partial charge in [0.2, 0.25) is 11.8 Å². The van der Waals surface area contributed by atoms with Crippen LogP contribution in [0.1, 0.15) is 6.92 Å². The summed E-state index contributed by atoms with van der Waals surface area (Å²) >= 11 is 0. The van der Waals surface area contributed by atoms with Crippen LogP contribution in [0.15, 0.2) is 61.2 Å². The summed E-state index contributed by atoms with van der Waals surface area (Å²) in [4.78, 5) is 22.9. The van der Waals surface area contributed by atoms with Crippen LogP contribution in [-0.4, -0.2) is 25.0 Å². The van der Waals surface area contributed by atoms with Crippen LogP contribution in [0.4, 0.5) is 17.1 Å². The van der Waals surface area contributed by atoms with Crippen molar-refractivity contribution in [2.45, 2.75) is 6.92 Å². The number of rotatable bonds is 8. The second-order valence-electron chi connectivity index (χ2n) is 5.28. The van der Waals surface area contributed by atoms with Crippen LogP contribution < -0.4 is 20.7 Å². The van der Waals surface area contributed by atoms with Gasteiger partial charge in [-0.3, -0.25) is 9.59 Å². The fourth-order valence-corrected chi connectivity index (χ4v) is 2.05. The van der Waals surface area contributed by atoms with Crippen molar-refractivity contribution in [1.29, 1.82) is 0 Å². The predicted molar refractivity (Wildman–Crippen MR) is 100.0 cm³/mol. The lowest BCUT2D eigenvalue weighted by Gasteiger charge is -2.09. The van der Waals surface area contributed by atoms with Gasteiger partial charge in [-0.05, 0) is 48.5 Å². The van der Waals surface area contributed by atoms with E-state index in [0.717, 1.165) is 11.4 Å². The summed E-state index contributed by atoms with van der Waals surface area (Å²) in [5, 5.41) is 8.51. The monoisotopic (exact) mass is 339 g/mol. The van der Waals surface area contributed by atoms with Crippen molar-refractivity contribution < 1.29 is 14.3 Å². The van der Waals surface area contributed by atoms with Gasteiger partial charge in [0.05, 0.1) is 6.54 Å². The van der Waals surface area contributed by atoms with Crippen LogP contribution in [0.25, 0.3) is 0 Å². The topological polar surface area (TPSA) is 79.5 Å². The molecule has 2 aromatic rings. The van der Waals surface area contributed by atoms with Gasteiger partial charge in [-0.25, -0.2) is 0 Å². The highest BCUT2D eigenvalue weighted by molar-refractivity contribution is 5.94. The highest BCUT2D eigenvalue weighted by atomic mass is 16.5. The Labute approximate surface area is 146 Å². The molecule has 3 N–H and O–H groups in total. The maximum Gasteiger partial charge on any atom is 0.243 e. The number of nitrogens with one attached hydrogen (secondary N) is 3. The summed E-state index contributed by atoms with van der Waals surface area (Å²) in [6.45, 7) is 5.61. The molecule has 0 saturated heterocycles. The first-order valence-electron chi connectivity index (χ1n) is 7.82. The molecule has 6 nitrogen and oxygen atoms in total. The molecule has 0 atom stereocenters. The van der Waals surface area contributed by atoms with Crippen molar-refractivity contribution in [2.24, 2.45) is 0 Å². The molecule has 0 aliphatic rings. The molecule has 2 rings (SSSR count). The van der Waals surface area contributed by atoms with Crippen LogP contribution >= 0.6 is 0 Å². The summed E-state index contributed by atoms with van der Waals surface area (Å²) < 4.78 is 5.38. The molecular weight excluding hydrogens is 318 g/mol. The highest BCUT2D eigenvalue weighted by Crippen LogP contribution is 2.16. The van der Waals surface area contributed by atoms with Gasteiger partial charge in [-0.1, -0.05) is 12.7 Å². The minimum atomic E-state index is -0.161. The van der Waals surface area contributed by atoms with Crippen LogP contribution in [0.2, 0.25) is 0 Å². The molecule has 0 saturated carbocycles. The first kappa shape index (κ1) is 18.1. The second-order valence-corrected chi connectivity index (χ2v) is 5.28.